The highest BCUT2D eigenvalue weighted by molar-refractivity contribution is 5.87. The molecule has 0 aromatic heterocycles. The van der Waals surface area contributed by atoms with Crippen molar-refractivity contribution < 1.29 is 37.0 Å². The number of benzene rings is 2. The van der Waals surface area contributed by atoms with Crippen molar-refractivity contribution >= 4 is 17.6 Å². The number of methoxy groups -OCH3 is 1. The summed E-state index contributed by atoms with van der Waals surface area (Å²) < 4.78 is 59.6. The van der Waals surface area contributed by atoms with E-state index in [0.29, 0.717) is 32.4 Å². The largest absolute Gasteiger partial charge is 0.496 e. The van der Waals surface area contributed by atoms with Crippen LogP contribution in [0.15, 0.2) is 73.3 Å². The number of carbonyl (C=O) groups is 2. The Hall–Kier alpha value is -4.16. The zero-order chi connectivity index (χ0) is 37.9. The average Bonchev–Trinajstić information content (AvgIpc) is 3.11. The molecular weight excluding hydrogens is 652 g/mol. The van der Waals surface area contributed by atoms with Crippen molar-refractivity contribution in [2.75, 3.05) is 40.9 Å². The van der Waals surface area contributed by atoms with Crippen molar-refractivity contribution in [3.8, 4) is 5.75 Å². The summed E-state index contributed by atoms with van der Waals surface area (Å²) in [6.45, 7) is 13.1. The number of allylic oxidation sites excluding steroid dienone is 3. The average molecular weight is 707 g/mol. The Labute approximate surface area is 294 Å². The van der Waals surface area contributed by atoms with Crippen molar-refractivity contribution in [3.05, 3.63) is 95.9 Å². The van der Waals surface area contributed by atoms with Crippen molar-refractivity contribution in [2.24, 2.45) is 0 Å². The van der Waals surface area contributed by atoms with Crippen molar-refractivity contribution in [3.63, 3.8) is 0 Å². The van der Waals surface area contributed by atoms with Crippen LogP contribution in [0.1, 0.15) is 76.0 Å². The number of hydrogen-bond acceptors (Lipinski definition) is 5. The van der Waals surface area contributed by atoms with Gasteiger partial charge in [0.05, 0.1) is 25.3 Å². The highest BCUT2D eigenvalue weighted by Gasteiger charge is 2.37. The number of carbonyl (C=O) groups excluding carboxylic acids is 2. The van der Waals surface area contributed by atoms with E-state index in [4.69, 9.17) is 9.84 Å². The lowest BCUT2D eigenvalue weighted by Gasteiger charge is -2.41. The van der Waals surface area contributed by atoms with Crippen LogP contribution in [0.4, 0.5) is 22.4 Å². The standard InChI is InChI=1S/C32H40F4N4O3.C5H10.CH4O/c1-6-7-8-28(21(2)23-9-12-25(33)13-10-23)40(22(3)27-14-11-24(32(34,35)36)19-29(27)43-5)31(42)39-17-15-26(16-18-39)38-30(41)20-37-4;1-3-5-4-2;1-2/h7-14,19,21,26,28,37H,3,6,15-18,20H2,1-2,4-5H3,(H,38,41);3,5H,4H2,1-2H3;2H,1H3/b8-7+;5-3-;. The Morgan fingerprint density at radius 1 is 1.08 bits per heavy atom. The third kappa shape index (κ3) is 13.3. The molecule has 0 radical (unpaired) electrons. The van der Waals surface area contributed by atoms with Gasteiger partial charge in [-0.1, -0.05) is 63.8 Å². The first-order valence-corrected chi connectivity index (χ1v) is 16.8. The van der Waals surface area contributed by atoms with Crippen LogP contribution in [0.3, 0.4) is 0 Å². The lowest BCUT2D eigenvalue weighted by molar-refractivity contribution is -0.137. The predicted molar refractivity (Wildman–Crippen MR) is 192 cm³/mol. The van der Waals surface area contributed by atoms with Gasteiger partial charge in [-0.2, -0.15) is 13.2 Å². The fourth-order valence-electron chi connectivity index (χ4n) is 5.42. The fraction of sp³-hybridized carbons (Fsp3) is 0.474. The molecule has 3 rings (SSSR count). The van der Waals surface area contributed by atoms with Crippen LogP contribution < -0.4 is 15.4 Å². The van der Waals surface area contributed by atoms with Gasteiger partial charge in [-0.3, -0.25) is 9.69 Å². The normalized spacial score (nSPS) is 14.6. The van der Waals surface area contributed by atoms with Crippen molar-refractivity contribution in [1.29, 1.82) is 0 Å². The van der Waals surface area contributed by atoms with Gasteiger partial charge in [0, 0.05) is 43.4 Å². The zero-order valence-electron chi connectivity index (χ0n) is 30.3. The number of hydrogen-bond donors (Lipinski definition) is 3. The molecule has 8 nitrogen and oxygen atoms in total. The number of likely N-dealkylation sites (tertiary alicyclic amines) is 1. The maximum atomic E-state index is 14.3. The molecule has 2 aromatic rings. The number of rotatable bonds is 12. The van der Waals surface area contributed by atoms with Gasteiger partial charge in [-0.15, -0.1) is 0 Å². The summed E-state index contributed by atoms with van der Waals surface area (Å²) in [5, 5.41) is 12.8. The smallest absolute Gasteiger partial charge is 0.416 e. The summed E-state index contributed by atoms with van der Waals surface area (Å²) in [4.78, 5) is 29.6. The quantitative estimate of drug-likeness (QED) is 0.155. The lowest BCUT2D eigenvalue weighted by atomic mass is 9.90. The Kier molecular flexibility index (Phi) is 19.8. The molecule has 50 heavy (non-hydrogen) atoms. The molecule has 0 bridgehead atoms. The van der Waals surface area contributed by atoms with Crippen LogP contribution in [0.5, 0.6) is 5.75 Å². The molecular formula is C38H54F4N4O4. The SMILES string of the molecule is C/C=C\CC.C=C(c1ccc(C(F)(F)F)cc1OC)N(C(=O)N1CCC(NC(=O)CNC)CC1)C(/C=C/CC)C(C)c1ccc(F)cc1.CO. The molecule has 2 aromatic carbocycles. The molecule has 2 unspecified atom stereocenters. The minimum absolute atomic E-state index is 0.0729. The van der Waals surface area contributed by atoms with Gasteiger partial charge in [-0.05, 0) is 75.5 Å². The minimum atomic E-state index is -4.58. The highest BCUT2D eigenvalue weighted by Crippen LogP contribution is 2.38. The number of piperidine rings is 1. The summed E-state index contributed by atoms with van der Waals surface area (Å²) in [6.07, 6.45) is 6.28. The molecule has 2 atom stereocenters. The maximum absolute atomic E-state index is 14.3. The van der Waals surface area contributed by atoms with Crippen molar-refractivity contribution in [2.45, 2.75) is 77.6 Å². The Balaban J connectivity index is 0.00000163. The van der Waals surface area contributed by atoms with Crippen LogP contribution in [-0.2, 0) is 11.0 Å². The number of ether oxygens (including phenoxy) is 1. The molecule has 0 spiro atoms. The molecule has 1 aliphatic heterocycles. The Morgan fingerprint density at radius 3 is 2.16 bits per heavy atom. The summed E-state index contributed by atoms with van der Waals surface area (Å²) in [5.74, 6) is -0.943. The molecule has 1 heterocycles. The number of nitrogens with one attached hydrogen (secondary N) is 2. The molecule has 12 heteroatoms. The first kappa shape index (κ1) is 43.9. The maximum Gasteiger partial charge on any atom is 0.416 e. The number of nitrogens with zero attached hydrogens (tertiary/aromatic N) is 2. The topological polar surface area (TPSA) is 94.1 Å². The Bertz CT molecular complexity index is 1390. The van der Waals surface area contributed by atoms with Gasteiger partial charge in [0.15, 0.2) is 0 Å². The van der Waals surface area contributed by atoms with Crippen LogP contribution in [0.25, 0.3) is 5.70 Å². The fourth-order valence-corrected chi connectivity index (χ4v) is 5.42. The second kappa shape index (κ2) is 22.5. The molecule has 1 saturated heterocycles. The molecule has 278 valence electrons. The summed E-state index contributed by atoms with van der Waals surface area (Å²) >= 11 is 0. The van der Waals surface area contributed by atoms with E-state index < -0.39 is 23.6 Å². The first-order valence-electron chi connectivity index (χ1n) is 16.8. The Morgan fingerprint density at radius 2 is 1.68 bits per heavy atom. The number of urea groups is 1. The third-order valence-corrected chi connectivity index (χ3v) is 8.05. The van der Waals surface area contributed by atoms with Gasteiger partial charge >= 0.3 is 12.2 Å². The van der Waals surface area contributed by atoms with Gasteiger partial charge in [0.25, 0.3) is 0 Å². The van der Waals surface area contributed by atoms with Crippen molar-refractivity contribution in [1.82, 2.24) is 20.4 Å². The number of aliphatic hydroxyl groups excluding tert-OH is 1. The number of aliphatic hydroxyl groups is 1. The monoisotopic (exact) mass is 706 g/mol. The number of alkyl halides is 3. The minimum Gasteiger partial charge on any atom is -0.496 e. The van der Waals surface area contributed by atoms with Gasteiger partial charge in [-0.25, -0.2) is 9.18 Å². The van der Waals surface area contributed by atoms with Crippen LogP contribution in [-0.4, -0.2) is 79.8 Å². The number of likely N-dealkylation sites (N-methyl/N-ethyl adjacent to an activating group) is 1. The summed E-state index contributed by atoms with van der Waals surface area (Å²) in [7, 11) is 3.95. The third-order valence-electron chi connectivity index (χ3n) is 8.05. The number of halogens is 4. The van der Waals surface area contributed by atoms with Crippen LogP contribution >= 0.6 is 0 Å². The van der Waals surface area contributed by atoms with Gasteiger partial charge < -0.3 is 25.4 Å². The van der Waals surface area contributed by atoms with Gasteiger partial charge in [0.1, 0.15) is 11.6 Å². The zero-order valence-corrected chi connectivity index (χ0v) is 30.3. The van der Waals surface area contributed by atoms with E-state index in [0.717, 1.165) is 31.2 Å². The molecule has 0 aliphatic carbocycles. The summed E-state index contributed by atoms with van der Waals surface area (Å²) in [5.41, 5.74) is 0.283. The van der Waals surface area contributed by atoms with Crippen LogP contribution in [0.2, 0.25) is 0 Å². The van der Waals surface area contributed by atoms with E-state index >= 15 is 0 Å². The molecule has 3 amide bonds. The van der Waals surface area contributed by atoms with E-state index in [2.05, 4.69) is 36.3 Å². The van der Waals surface area contributed by atoms with E-state index in [1.165, 1.54) is 30.2 Å². The second-order valence-corrected chi connectivity index (χ2v) is 11.5. The van der Waals surface area contributed by atoms with E-state index in [1.807, 2.05) is 32.9 Å². The summed E-state index contributed by atoms with van der Waals surface area (Å²) in [6, 6.07) is 7.98. The van der Waals surface area contributed by atoms with Gasteiger partial charge in [0.2, 0.25) is 5.91 Å². The second-order valence-electron chi connectivity index (χ2n) is 11.5. The van der Waals surface area contributed by atoms with E-state index in [1.54, 1.807) is 24.1 Å². The predicted octanol–water partition coefficient (Wildman–Crippen LogP) is 7.77. The molecule has 3 N–H and O–H groups in total. The van der Waals surface area contributed by atoms with E-state index in [9.17, 15) is 27.2 Å². The highest BCUT2D eigenvalue weighted by atomic mass is 19.4. The number of amides is 3. The molecule has 1 aliphatic rings. The van der Waals surface area contributed by atoms with Crippen LogP contribution in [0, 0.1) is 5.82 Å². The lowest BCUT2D eigenvalue weighted by Crippen LogP contribution is -2.53. The first-order chi connectivity index (χ1) is 23.8. The molecule has 0 saturated carbocycles. The van der Waals surface area contributed by atoms with E-state index in [-0.39, 0.29) is 47.5 Å². The molecule has 1 fully saturated rings.